The number of fused-ring (bicyclic) bond motifs is 3. The summed E-state index contributed by atoms with van der Waals surface area (Å²) >= 11 is 0. The summed E-state index contributed by atoms with van der Waals surface area (Å²) in [7, 11) is 0. The third-order valence-electron chi connectivity index (χ3n) is 5.39. The standard InChI is InChI=1S/C22H18F2N6O2/c1-12-8-25-22(32)19-6-13-3-5-18(28-20(13)30(12)19)21(31)27-16-9-26-29(11-16)10-14-2-4-15(23)7-17(14)24/h2-7,9,11-12H,8,10H2,1H3,(H,25,32)(H,27,31). The van der Waals surface area contributed by atoms with Gasteiger partial charge in [-0.25, -0.2) is 13.8 Å². The Morgan fingerprint density at radius 1 is 1.25 bits per heavy atom. The first-order valence-corrected chi connectivity index (χ1v) is 9.97. The molecule has 0 saturated carbocycles. The Balaban J connectivity index is 1.36. The summed E-state index contributed by atoms with van der Waals surface area (Å²) in [5.41, 5.74) is 1.95. The van der Waals surface area contributed by atoms with E-state index in [1.807, 2.05) is 11.5 Å². The Morgan fingerprint density at radius 2 is 2.09 bits per heavy atom. The van der Waals surface area contributed by atoms with Crippen LogP contribution < -0.4 is 10.6 Å². The Morgan fingerprint density at radius 3 is 2.91 bits per heavy atom. The number of benzene rings is 1. The van der Waals surface area contributed by atoms with E-state index in [9.17, 15) is 18.4 Å². The summed E-state index contributed by atoms with van der Waals surface area (Å²) < 4.78 is 30.2. The van der Waals surface area contributed by atoms with Gasteiger partial charge in [-0.05, 0) is 31.2 Å². The summed E-state index contributed by atoms with van der Waals surface area (Å²) in [6.45, 7) is 2.54. The zero-order valence-corrected chi connectivity index (χ0v) is 17.0. The van der Waals surface area contributed by atoms with Gasteiger partial charge in [-0.2, -0.15) is 5.10 Å². The van der Waals surface area contributed by atoms with Crippen LogP contribution in [-0.2, 0) is 6.54 Å². The second kappa shape index (κ2) is 7.56. The molecule has 0 bridgehead atoms. The van der Waals surface area contributed by atoms with Gasteiger partial charge in [0.15, 0.2) is 0 Å². The Labute approximate surface area is 180 Å². The first-order chi connectivity index (χ1) is 15.4. The summed E-state index contributed by atoms with van der Waals surface area (Å²) in [4.78, 5) is 29.4. The van der Waals surface area contributed by atoms with E-state index >= 15 is 0 Å². The molecule has 2 amide bonds. The molecule has 2 N–H and O–H groups in total. The van der Waals surface area contributed by atoms with Crippen LogP contribution in [0, 0.1) is 11.6 Å². The number of pyridine rings is 1. The molecule has 3 aromatic heterocycles. The van der Waals surface area contributed by atoms with Crippen LogP contribution in [0.2, 0.25) is 0 Å². The lowest BCUT2D eigenvalue weighted by Crippen LogP contribution is -2.37. The van der Waals surface area contributed by atoms with Gasteiger partial charge in [0.25, 0.3) is 11.8 Å². The van der Waals surface area contributed by atoms with Gasteiger partial charge in [0, 0.05) is 29.8 Å². The van der Waals surface area contributed by atoms with Crippen LogP contribution in [-0.4, -0.2) is 37.7 Å². The maximum absolute atomic E-state index is 13.9. The van der Waals surface area contributed by atoms with Crippen molar-refractivity contribution in [2.75, 3.05) is 11.9 Å². The van der Waals surface area contributed by atoms with E-state index in [0.29, 0.717) is 23.6 Å². The maximum Gasteiger partial charge on any atom is 0.274 e. The van der Waals surface area contributed by atoms with E-state index in [4.69, 9.17) is 0 Å². The molecular weight excluding hydrogens is 418 g/mol. The number of halogens is 2. The molecule has 0 aliphatic carbocycles. The summed E-state index contributed by atoms with van der Waals surface area (Å²) in [6.07, 6.45) is 2.98. The molecule has 5 rings (SSSR count). The van der Waals surface area contributed by atoms with Gasteiger partial charge >= 0.3 is 0 Å². The van der Waals surface area contributed by atoms with Crippen LogP contribution in [0.25, 0.3) is 11.0 Å². The van der Waals surface area contributed by atoms with E-state index in [1.165, 1.54) is 23.0 Å². The Kier molecular flexibility index (Phi) is 4.69. The number of hydrogen-bond donors (Lipinski definition) is 2. The number of amides is 2. The molecule has 162 valence electrons. The van der Waals surface area contributed by atoms with Gasteiger partial charge in [-0.1, -0.05) is 6.07 Å². The van der Waals surface area contributed by atoms with Crippen LogP contribution >= 0.6 is 0 Å². The number of nitrogens with zero attached hydrogens (tertiary/aromatic N) is 4. The highest BCUT2D eigenvalue weighted by atomic mass is 19.1. The highest BCUT2D eigenvalue weighted by Crippen LogP contribution is 2.25. The lowest BCUT2D eigenvalue weighted by Gasteiger charge is -2.23. The second-order valence-electron chi connectivity index (χ2n) is 7.68. The summed E-state index contributed by atoms with van der Waals surface area (Å²) in [5, 5.41) is 10.4. The minimum Gasteiger partial charge on any atom is -0.349 e. The first kappa shape index (κ1) is 19.9. The third-order valence-corrected chi connectivity index (χ3v) is 5.39. The molecule has 0 fully saturated rings. The number of aromatic nitrogens is 4. The molecule has 4 aromatic rings. The van der Waals surface area contributed by atoms with Gasteiger partial charge < -0.3 is 15.2 Å². The minimum atomic E-state index is -0.665. The molecule has 8 nitrogen and oxygen atoms in total. The molecular formula is C22H18F2N6O2. The molecule has 0 radical (unpaired) electrons. The maximum atomic E-state index is 13.9. The minimum absolute atomic E-state index is 0.0103. The summed E-state index contributed by atoms with van der Waals surface area (Å²) in [6, 6.07) is 8.45. The molecule has 1 aromatic carbocycles. The van der Waals surface area contributed by atoms with Crippen LogP contribution in [0.5, 0.6) is 0 Å². The highest BCUT2D eigenvalue weighted by molar-refractivity contribution is 6.04. The molecule has 1 unspecified atom stereocenters. The van der Waals surface area contributed by atoms with Crippen molar-refractivity contribution in [1.82, 2.24) is 24.6 Å². The fourth-order valence-corrected chi connectivity index (χ4v) is 3.80. The molecule has 32 heavy (non-hydrogen) atoms. The van der Waals surface area contributed by atoms with E-state index in [0.717, 1.165) is 11.5 Å². The van der Waals surface area contributed by atoms with Crippen LogP contribution in [0.3, 0.4) is 0 Å². The highest BCUT2D eigenvalue weighted by Gasteiger charge is 2.25. The largest absolute Gasteiger partial charge is 0.349 e. The predicted molar refractivity (Wildman–Crippen MR) is 112 cm³/mol. The average Bonchev–Trinajstić information content (AvgIpc) is 3.37. The lowest BCUT2D eigenvalue weighted by molar-refractivity contribution is 0.0918. The molecule has 1 aliphatic heterocycles. The smallest absolute Gasteiger partial charge is 0.274 e. The monoisotopic (exact) mass is 436 g/mol. The van der Waals surface area contributed by atoms with Gasteiger partial charge in [0.05, 0.1) is 24.5 Å². The lowest BCUT2D eigenvalue weighted by atomic mass is 10.2. The van der Waals surface area contributed by atoms with Crippen molar-refractivity contribution in [3.05, 3.63) is 77.4 Å². The zero-order valence-electron chi connectivity index (χ0n) is 17.0. The number of rotatable bonds is 4. The topological polar surface area (TPSA) is 93.8 Å². The molecule has 1 atom stereocenters. The van der Waals surface area contributed by atoms with Gasteiger partial charge in [-0.15, -0.1) is 0 Å². The average molecular weight is 436 g/mol. The fraction of sp³-hybridized carbons (Fsp3) is 0.182. The van der Waals surface area contributed by atoms with Gasteiger partial charge in [0.2, 0.25) is 0 Å². The van der Waals surface area contributed by atoms with Crippen LogP contribution in [0.4, 0.5) is 14.5 Å². The van der Waals surface area contributed by atoms with E-state index in [2.05, 4.69) is 20.7 Å². The number of anilines is 1. The van der Waals surface area contributed by atoms with E-state index in [-0.39, 0.29) is 29.8 Å². The van der Waals surface area contributed by atoms with Crippen LogP contribution in [0.1, 0.15) is 39.5 Å². The Hall–Kier alpha value is -4.08. The van der Waals surface area contributed by atoms with Crippen molar-refractivity contribution in [3.8, 4) is 0 Å². The number of carbonyl (C=O) groups is 2. The van der Waals surface area contributed by atoms with E-state index in [1.54, 1.807) is 24.4 Å². The van der Waals surface area contributed by atoms with Gasteiger partial charge in [0.1, 0.15) is 28.7 Å². The van der Waals surface area contributed by atoms with Crippen molar-refractivity contribution in [2.45, 2.75) is 19.5 Å². The number of carbonyl (C=O) groups excluding carboxylic acids is 2. The van der Waals surface area contributed by atoms with Crippen molar-refractivity contribution in [1.29, 1.82) is 0 Å². The third kappa shape index (κ3) is 3.49. The van der Waals surface area contributed by atoms with Crippen molar-refractivity contribution < 1.29 is 18.4 Å². The van der Waals surface area contributed by atoms with Crippen LogP contribution in [0.15, 0.2) is 48.8 Å². The normalized spacial score (nSPS) is 15.5. The van der Waals surface area contributed by atoms with Crippen molar-refractivity contribution in [2.24, 2.45) is 0 Å². The molecule has 1 aliphatic rings. The number of hydrogen-bond acceptors (Lipinski definition) is 4. The van der Waals surface area contributed by atoms with E-state index < -0.39 is 17.5 Å². The molecule has 0 spiro atoms. The van der Waals surface area contributed by atoms with Crippen molar-refractivity contribution >= 4 is 28.5 Å². The summed E-state index contributed by atoms with van der Waals surface area (Å²) in [5.74, 6) is -1.93. The van der Waals surface area contributed by atoms with Gasteiger partial charge in [-0.3, -0.25) is 14.3 Å². The van der Waals surface area contributed by atoms with Crippen molar-refractivity contribution in [3.63, 3.8) is 0 Å². The predicted octanol–water partition coefficient (Wildman–Crippen LogP) is 3.12. The molecule has 4 heterocycles. The fourth-order valence-electron chi connectivity index (χ4n) is 3.80. The SMILES string of the molecule is CC1CNC(=O)c2cc3ccc(C(=O)Nc4cnn(Cc5ccc(F)cc5F)c4)nc3n21. The molecule has 10 heteroatoms. The second-order valence-corrected chi connectivity index (χ2v) is 7.68. The number of nitrogens with one attached hydrogen (secondary N) is 2. The molecule has 0 saturated heterocycles. The quantitative estimate of drug-likeness (QED) is 0.514. The Bertz CT molecular complexity index is 1380. The zero-order chi connectivity index (χ0) is 22.4. The first-order valence-electron chi connectivity index (χ1n) is 9.97.